The van der Waals surface area contributed by atoms with Crippen molar-refractivity contribution in [2.45, 2.75) is 31.4 Å². The summed E-state index contributed by atoms with van der Waals surface area (Å²) in [5.74, 6) is 0.680. The van der Waals surface area contributed by atoms with E-state index in [2.05, 4.69) is 0 Å². The molecule has 0 radical (unpaired) electrons. The SMILES string of the molecule is COC(=O)N1CCCC[C@@H]1C(=O)N1CC(Oc2cccc(Cl)c2)C1. The van der Waals surface area contributed by atoms with Crippen molar-refractivity contribution in [2.75, 3.05) is 26.7 Å². The highest BCUT2D eigenvalue weighted by Crippen LogP contribution is 2.25. The van der Waals surface area contributed by atoms with Crippen molar-refractivity contribution < 1.29 is 19.1 Å². The molecule has 2 aliphatic heterocycles. The highest BCUT2D eigenvalue weighted by molar-refractivity contribution is 6.30. The first-order valence-corrected chi connectivity index (χ1v) is 8.52. The van der Waals surface area contributed by atoms with Gasteiger partial charge in [-0.15, -0.1) is 0 Å². The number of ether oxygens (including phenoxy) is 2. The third-order valence-electron chi connectivity index (χ3n) is 4.46. The zero-order valence-corrected chi connectivity index (χ0v) is 14.4. The van der Waals surface area contributed by atoms with E-state index < -0.39 is 12.1 Å². The highest BCUT2D eigenvalue weighted by atomic mass is 35.5. The van der Waals surface area contributed by atoms with Crippen LogP contribution in [-0.4, -0.2) is 60.7 Å². The van der Waals surface area contributed by atoms with Crippen LogP contribution in [0.3, 0.4) is 0 Å². The summed E-state index contributed by atoms with van der Waals surface area (Å²) in [6, 6.07) is 6.80. The number of carbonyl (C=O) groups excluding carboxylic acids is 2. The molecule has 0 unspecified atom stereocenters. The minimum Gasteiger partial charge on any atom is -0.487 e. The number of hydrogen-bond acceptors (Lipinski definition) is 4. The standard InChI is InChI=1S/C17H21ClN2O4/c1-23-17(22)20-8-3-2-7-15(20)16(21)19-10-14(11-19)24-13-6-4-5-12(18)9-13/h4-6,9,14-15H,2-3,7-8,10-11H2,1H3/t15-/m1/s1. The molecule has 0 bridgehead atoms. The number of carbonyl (C=O) groups is 2. The number of hydrogen-bond donors (Lipinski definition) is 0. The van der Waals surface area contributed by atoms with Gasteiger partial charge in [0.05, 0.1) is 20.2 Å². The lowest BCUT2D eigenvalue weighted by molar-refractivity contribution is -0.146. The normalized spacial score (nSPS) is 21.2. The third-order valence-corrected chi connectivity index (χ3v) is 4.69. The molecule has 1 aromatic rings. The van der Waals surface area contributed by atoms with Gasteiger partial charge in [0, 0.05) is 11.6 Å². The van der Waals surface area contributed by atoms with E-state index in [1.807, 2.05) is 12.1 Å². The van der Waals surface area contributed by atoms with Gasteiger partial charge in [0.2, 0.25) is 5.91 Å². The van der Waals surface area contributed by atoms with Crippen LogP contribution in [0.2, 0.25) is 5.02 Å². The maximum atomic E-state index is 12.7. The smallest absolute Gasteiger partial charge is 0.410 e. The summed E-state index contributed by atoms with van der Waals surface area (Å²) in [5.41, 5.74) is 0. The van der Waals surface area contributed by atoms with E-state index in [9.17, 15) is 9.59 Å². The average molecular weight is 353 g/mol. The van der Waals surface area contributed by atoms with Crippen LogP contribution in [0.1, 0.15) is 19.3 Å². The maximum Gasteiger partial charge on any atom is 0.410 e. The summed E-state index contributed by atoms with van der Waals surface area (Å²) in [7, 11) is 1.34. The Balaban J connectivity index is 1.54. The molecular formula is C17H21ClN2O4. The molecule has 0 aliphatic carbocycles. The summed E-state index contributed by atoms with van der Waals surface area (Å²) in [4.78, 5) is 27.8. The van der Waals surface area contributed by atoms with Crippen molar-refractivity contribution in [1.29, 1.82) is 0 Å². The van der Waals surface area contributed by atoms with E-state index in [1.165, 1.54) is 12.0 Å². The van der Waals surface area contributed by atoms with E-state index >= 15 is 0 Å². The quantitative estimate of drug-likeness (QED) is 0.838. The molecular weight excluding hydrogens is 332 g/mol. The first-order valence-electron chi connectivity index (χ1n) is 8.14. The van der Waals surface area contributed by atoms with E-state index in [-0.39, 0.29) is 12.0 Å². The number of likely N-dealkylation sites (tertiary alicyclic amines) is 2. The summed E-state index contributed by atoms with van der Waals surface area (Å²) in [6.45, 7) is 1.62. The molecule has 1 atom stereocenters. The molecule has 0 N–H and O–H groups in total. The Hall–Kier alpha value is -1.95. The number of nitrogens with zero attached hydrogens (tertiary/aromatic N) is 2. The van der Waals surface area contributed by atoms with Gasteiger partial charge in [-0.2, -0.15) is 0 Å². The lowest BCUT2D eigenvalue weighted by Gasteiger charge is -2.43. The van der Waals surface area contributed by atoms with Gasteiger partial charge in [-0.25, -0.2) is 4.79 Å². The van der Waals surface area contributed by atoms with Gasteiger partial charge in [-0.1, -0.05) is 17.7 Å². The van der Waals surface area contributed by atoms with Crippen LogP contribution < -0.4 is 4.74 Å². The monoisotopic (exact) mass is 352 g/mol. The molecule has 2 amide bonds. The molecule has 0 spiro atoms. The fourth-order valence-electron chi connectivity index (χ4n) is 3.16. The topological polar surface area (TPSA) is 59.1 Å². The van der Waals surface area contributed by atoms with Crippen LogP contribution in [0.5, 0.6) is 5.75 Å². The van der Waals surface area contributed by atoms with Gasteiger partial charge >= 0.3 is 6.09 Å². The molecule has 2 aliphatic rings. The van der Waals surface area contributed by atoms with Crippen molar-refractivity contribution >= 4 is 23.6 Å². The molecule has 7 heteroatoms. The van der Waals surface area contributed by atoms with E-state index in [0.717, 1.165) is 12.8 Å². The fraction of sp³-hybridized carbons (Fsp3) is 0.529. The lowest BCUT2D eigenvalue weighted by Crippen LogP contribution is -2.62. The predicted molar refractivity (Wildman–Crippen MR) is 89.2 cm³/mol. The molecule has 24 heavy (non-hydrogen) atoms. The zero-order chi connectivity index (χ0) is 17.1. The van der Waals surface area contributed by atoms with Gasteiger partial charge < -0.3 is 14.4 Å². The molecule has 0 saturated carbocycles. The number of benzene rings is 1. The van der Waals surface area contributed by atoms with Gasteiger partial charge in [-0.05, 0) is 37.5 Å². The van der Waals surface area contributed by atoms with Gasteiger partial charge in [0.1, 0.15) is 17.9 Å². The van der Waals surface area contributed by atoms with Crippen LogP contribution in [0.15, 0.2) is 24.3 Å². The van der Waals surface area contributed by atoms with Crippen LogP contribution in [0.25, 0.3) is 0 Å². The number of rotatable bonds is 3. The Kier molecular flexibility index (Phi) is 5.14. The number of halogens is 1. The van der Waals surface area contributed by atoms with Crippen molar-refractivity contribution in [1.82, 2.24) is 9.80 Å². The van der Waals surface area contributed by atoms with Crippen LogP contribution >= 0.6 is 11.6 Å². The van der Waals surface area contributed by atoms with E-state index in [0.29, 0.717) is 36.8 Å². The second-order valence-electron chi connectivity index (χ2n) is 6.12. The number of piperidine rings is 1. The lowest BCUT2D eigenvalue weighted by atomic mass is 9.99. The minimum atomic E-state index is -0.430. The zero-order valence-electron chi connectivity index (χ0n) is 13.6. The minimum absolute atomic E-state index is 0.0222. The second-order valence-corrected chi connectivity index (χ2v) is 6.55. The third kappa shape index (κ3) is 3.59. The molecule has 3 rings (SSSR count). The largest absolute Gasteiger partial charge is 0.487 e. The Labute approximate surface area is 146 Å². The van der Waals surface area contributed by atoms with Crippen molar-refractivity contribution in [3.8, 4) is 5.75 Å². The first-order chi connectivity index (χ1) is 11.6. The summed E-state index contributed by atoms with van der Waals surface area (Å²) < 4.78 is 10.6. The number of methoxy groups -OCH3 is 1. The molecule has 2 heterocycles. The first kappa shape index (κ1) is 16.9. The molecule has 2 saturated heterocycles. The van der Waals surface area contributed by atoms with Crippen molar-refractivity contribution in [3.63, 3.8) is 0 Å². The van der Waals surface area contributed by atoms with Crippen LogP contribution in [0, 0.1) is 0 Å². The van der Waals surface area contributed by atoms with E-state index in [4.69, 9.17) is 21.1 Å². The number of amides is 2. The summed E-state index contributed by atoms with van der Waals surface area (Å²) in [5, 5.41) is 0.621. The molecule has 130 valence electrons. The second kappa shape index (κ2) is 7.30. The fourth-order valence-corrected chi connectivity index (χ4v) is 3.34. The summed E-state index contributed by atoms with van der Waals surface area (Å²) >= 11 is 5.94. The summed E-state index contributed by atoms with van der Waals surface area (Å²) in [6.07, 6.45) is 2.06. The van der Waals surface area contributed by atoms with E-state index in [1.54, 1.807) is 17.0 Å². The molecule has 1 aromatic carbocycles. The molecule has 0 aromatic heterocycles. The maximum absolute atomic E-state index is 12.7. The Bertz CT molecular complexity index is 618. The predicted octanol–water partition coefficient (Wildman–Crippen LogP) is 2.55. The van der Waals surface area contributed by atoms with Crippen molar-refractivity contribution in [3.05, 3.63) is 29.3 Å². The molecule has 6 nitrogen and oxygen atoms in total. The van der Waals surface area contributed by atoms with Crippen LogP contribution in [-0.2, 0) is 9.53 Å². The average Bonchev–Trinajstić information content (AvgIpc) is 2.56. The van der Waals surface area contributed by atoms with Gasteiger partial charge in [-0.3, -0.25) is 9.69 Å². The Morgan fingerprint density at radius 3 is 2.75 bits per heavy atom. The Morgan fingerprint density at radius 1 is 1.25 bits per heavy atom. The van der Waals surface area contributed by atoms with Gasteiger partial charge in [0.15, 0.2) is 0 Å². The van der Waals surface area contributed by atoms with Crippen molar-refractivity contribution in [2.24, 2.45) is 0 Å². The Morgan fingerprint density at radius 2 is 2.04 bits per heavy atom. The van der Waals surface area contributed by atoms with Crippen LogP contribution in [0.4, 0.5) is 4.79 Å². The van der Waals surface area contributed by atoms with Gasteiger partial charge in [0.25, 0.3) is 0 Å². The molecule has 2 fully saturated rings. The highest BCUT2D eigenvalue weighted by Gasteiger charge is 2.40.